The molecule has 0 heterocycles. The molecule has 3 rings (SSSR count). The fourth-order valence-corrected chi connectivity index (χ4v) is 3.75. The number of benzene rings is 1. The molecule has 104 valence electrons. The van der Waals surface area contributed by atoms with Crippen LogP contribution < -0.4 is 10.5 Å². The first-order valence-corrected chi connectivity index (χ1v) is 7.31. The smallest absolute Gasteiger partial charge is 0.131 e. The summed E-state index contributed by atoms with van der Waals surface area (Å²) in [5, 5.41) is 0. The maximum atomic E-state index is 13.8. The third-order valence-electron chi connectivity index (χ3n) is 4.81. The summed E-state index contributed by atoms with van der Waals surface area (Å²) in [4.78, 5) is 0. The molecule has 0 aliphatic heterocycles. The molecule has 2 bridgehead atoms. The van der Waals surface area contributed by atoms with Crippen LogP contribution in [0.4, 0.5) is 4.39 Å². The minimum atomic E-state index is -0.278. The van der Waals surface area contributed by atoms with Crippen molar-refractivity contribution in [3.8, 4) is 5.75 Å². The lowest BCUT2D eigenvalue weighted by atomic mass is 9.89. The van der Waals surface area contributed by atoms with Crippen molar-refractivity contribution in [2.45, 2.75) is 38.6 Å². The van der Waals surface area contributed by atoms with Gasteiger partial charge in [0.2, 0.25) is 0 Å². The maximum absolute atomic E-state index is 13.8. The van der Waals surface area contributed by atoms with Crippen LogP contribution in [0.3, 0.4) is 0 Å². The van der Waals surface area contributed by atoms with Crippen LogP contribution in [0.15, 0.2) is 18.2 Å². The van der Waals surface area contributed by atoms with E-state index < -0.39 is 0 Å². The first kappa shape index (κ1) is 12.9. The molecule has 0 saturated heterocycles. The average Bonchev–Trinajstić information content (AvgIpc) is 2.98. The van der Waals surface area contributed by atoms with E-state index in [1.165, 1.54) is 31.7 Å². The van der Waals surface area contributed by atoms with Crippen LogP contribution in [0.25, 0.3) is 0 Å². The Hall–Kier alpha value is -1.09. The largest absolute Gasteiger partial charge is 0.493 e. The first-order chi connectivity index (χ1) is 9.13. The van der Waals surface area contributed by atoms with Gasteiger partial charge in [-0.2, -0.15) is 0 Å². The van der Waals surface area contributed by atoms with Gasteiger partial charge in [-0.15, -0.1) is 0 Å². The zero-order chi connectivity index (χ0) is 13.4. The van der Waals surface area contributed by atoms with Gasteiger partial charge in [-0.25, -0.2) is 4.39 Å². The maximum Gasteiger partial charge on any atom is 0.131 e. The van der Waals surface area contributed by atoms with Gasteiger partial charge < -0.3 is 10.5 Å². The van der Waals surface area contributed by atoms with E-state index in [1.807, 2.05) is 6.07 Å². The summed E-state index contributed by atoms with van der Waals surface area (Å²) in [7, 11) is 0. The predicted octanol–water partition coefficient (Wildman–Crippen LogP) is 3.66. The van der Waals surface area contributed by atoms with Crippen molar-refractivity contribution in [1.82, 2.24) is 0 Å². The molecular formula is C16H22FNO. The van der Waals surface area contributed by atoms with E-state index >= 15 is 0 Å². The van der Waals surface area contributed by atoms with Crippen molar-refractivity contribution in [2.75, 3.05) is 6.61 Å². The highest BCUT2D eigenvalue weighted by atomic mass is 19.1. The number of hydrogen-bond donors (Lipinski definition) is 1. The Bertz CT molecular complexity index is 460. The van der Waals surface area contributed by atoms with Gasteiger partial charge in [-0.3, -0.25) is 0 Å². The highest BCUT2D eigenvalue weighted by Gasteiger charge is 2.39. The number of rotatable bonds is 4. The fraction of sp³-hybridized carbons (Fsp3) is 0.625. The molecule has 1 aromatic rings. The third kappa shape index (κ3) is 2.62. The van der Waals surface area contributed by atoms with Crippen molar-refractivity contribution in [1.29, 1.82) is 0 Å². The highest BCUT2D eigenvalue weighted by Crippen LogP contribution is 2.48. The van der Waals surface area contributed by atoms with Crippen LogP contribution in [-0.4, -0.2) is 6.61 Å². The van der Waals surface area contributed by atoms with Gasteiger partial charge >= 0.3 is 0 Å². The van der Waals surface area contributed by atoms with E-state index in [-0.39, 0.29) is 11.9 Å². The Morgan fingerprint density at radius 1 is 1.37 bits per heavy atom. The Morgan fingerprint density at radius 3 is 2.79 bits per heavy atom. The lowest BCUT2D eigenvalue weighted by Gasteiger charge is -2.22. The predicted molar refractivity (Wildman–Crippen MR) is 73.4 cm³/mol. The fourth-order valence-electron chi connectivity index (χ4n) is 3.75. The van der Waals surface area contributed by atoms with Gasteiger partial charge in [0.25, 0.3) is 0 Å². The second-order valence-corrected chi connectivity index (χ2v) is 6.22. The van der Waals surface area contributed by atoms with Crippen LogP contribution in [-0.2, 0) is 0 Å². The van der Waals surface area contributed by atoms with Crippen molar-refractivity contribution in [2.24, 2.45) is 23.5 Å². The van der Waals surface area contributed by atoms with Gasteiger partial charge in [0.1, 0.15) is 11.6 Å². The minimum Gasteiger partial charge on any atom is -0.493 e. The molecule has 0 radical (unpaired) electrons. The van der Waals surface area contributed by atoms with Crippen LogP contribution in [0.2, 0.25) is 0 Å². The van der Waals surface area contributed by atoms with Gasteiger partial charge in [0, 0.05) is 17.7 Å². The van der Waals surface area contributed by atoms with E-state index in [2.05, 4.69) is 0 Å². The molecule has 0 spiro atoms. The van der Waals surface area contributed by atoms with Crippen LogP contribution in [0.5, 0.6) is 5.75 Å². The zero-order valence-electron chi connectivity index (χ0n) is 11.4. The second-order valence-electron chi connectivity index (χ2n) is 6.22. The third-order valence-corrected chi connectivity index (χ3v) is 4.81. The first-order valence-electron chi connectivity index (χ1n) is 7.31. The van der Waals surface area contributed by atoms with Crippen LogP contribution in [0.1, 0.15) is 44.2 Å². The van der Waals surface area contributed by atoms with E-state index in [1.54, 1.807) is 13.0 Å². The molecule has 4 atom stereocenters. The number of fused-ring (bicyclic) bond motifs is 2. The highest BCUT2D eigenvalue weighted by molar-refractivity contribution is 5.30. The summed E-state index contributed by atoms with van der Waals surface area (Å²) in [6, 6.07) is 4.75. The van der Waals surface area contributed by atoms with E-state index in [0.29, 0.717) is 17.2 Å². The van der Waals surface area contributed by atoms with Gasteiger partial charge in [-0.05, 0) is 50.0 Å². The second kappa shape index (κ2) is 5.12. The van der Waals surface area contributed by atoms with Gasteiger partial charge in [0.15, 0.2) is 0 Å². The van der Waals surface area contributed by atoms with Crippen molar-refractivity contribution in [3.05, 3.63) is 29.6 Å². The molecule has 2 aliphatic carbocycles. The molecule has 2 fully saturated rings. The molecule has 1 aromatic carbocycles. The van der Waals surface area contributed by atoms with Crippen LogP contribution >= 0.6 is 0 Å². The van der Waals surface area contributed by atoms with Crippen molar-refractivity contribution < 1.29 is 9.13 Å². The van der Waals surface area contributed by atoms with E-state index in [9.17, 15) is 4.39 Å². The summed E-state index contributed by atoms with van der Waals surface area (Å²) in [5.74, 6) is 2.81. The van der Waals surface area contributed by atoms with Gasteiger partial charge in [0.05, 0.1) is 6.61 Å². The van der Waals surface area contributed by atoms with Crippen LogP contribution in [0, 0.1) is 23.6 Å². The molecular weight excluding hydrogens is 241 g/mol. The molecule has 2 saturated carbocycles. The lowest BCUT2D eigenvalue weighted by molar-refractivity contribution is 0.194. The molecule has 2 nitrogen and oxygen atoms in total. The summed E-state index contributed by atoms with van der Waals surface area (Å²) in [6.45, 7) is 2.52. The Labute approximate surface area is 114 Å². The molecule has 0 amide bonds. The summed E-state index contributed by atoms with van der Waals surface area (Å²) in [6.07, 6.45) is 5.44. The summed E-state index contributed by atoms with van der Waals surface area (Å²) < 4.78 is 19.6. The number of halogens is 1. The minimum absolute atomic E-state index is 0.263. The quantitative estimate of drug-likeness (QED) is 0.899. The monoisotopic (exact) mass is 263 g/mol. The standard InChI is InChI=1S/C16H22FNO/c1-10(18)15-5-4-14(8-16(15)17)19-9-13-7-11-2-3-12(13)6-11/h4-5,8,10-13H,2-3,6-7,9,18H2,1H3. The SMILES string of the molecule is CC(N)c1ccc(OCC2CC3CCC2C3)cc1F. The lowest BCUT2D eigenvalue weighted by Crippen LogP contribution is -2.18. The topological polar surface area (TPSA) is 35.2 Å². The molecule has 4 unspecified atom stereocenters. The molecule has 0 aromatic heterocycles. The Morgan fingerprint density at radius 2 is 2.21 bits per heavy atom. The number of ether oxygens (including phenoxy) is 1. The number of hydrogen-bond acceptors (Lipinski definition) is 2. The molecule has 2 aliphatic rings. The van der Waals surface area contributed by atoms with Gasteiger partial charge in [-0.1, -0.05) is 12.5 Å². The summed E-state index contributed by atoms with van der Waals surface area (Å²) in [5.41, 5.74) is 6.25. The zero-order valence-corrected chi connectivity index (χ0v) is 11.4. The molecule has 2 N–H and O–H groups in total. The van der Waals surface area contributed by atoms with E-state index in [4.69, 9.17) is 10.5 Å². The van der Waals surface area contributed by atoms with E-state index in [0.717, 1.165) is 18.4 Å². The van der Waals surface area contributed by atoms with Crippen molar-refractivity contribution in [3.63, 3.8) is 0 Å². The van der Waals surface area contributed by atoms with Crippen molar-refractivity contribution >= 4 is 0 Å². The number of nitrogens with two attached hydrogens (primary N) is 1. The molecule has 19 heavy (non-hydrogen) atoms. The average molecular weight is 263 g/mol. The Balaban J connectivity index is 1.60. The Kier molecular flexibility index (Phi) is 3.48. The molecule has 3 heteroatoms. The normalized spacial score (nSPS) is 30.6. The summed E-state index contributed by atoms with van der Waals surface area (Å²) >= 11 is 0.